The molecule has 0 saturated carbocycles. The Bertz CT molecular complexity index is 379. The third kappa shape index (κ3) is 3.05. The molecule has 1 aliphatic heterocycles. The minimum absolute atomic E-state index is 0.436. The van der Waals surface area contributed by atoms with Crippen molar-refractivity contribution < 1.29 is 0 Å². The van der Waals surface area contributed by atoms with E-state index in [4.69, 9.17) is 5.73 Å². The first kappa shape index (κ1) is 13.8. The Morgan fingerprint density at radius 2 is 2.00 bits per heavy atom. The Labute approximate surface area is 118 Å². The van der Waals surface area contributed by atoms with Gasteiger partial charge in [0, 0.05) is 41.9 Å². The zero-order valence-corrected chi connectivity index (χ0v) is 12.7. The molecule has 0 spiro atoms. The lowest BCUT2D eigenvalue weighted by molar-refractivity contribution is 0.201. The van der Waals surface area contributed by atoms with Gasteiger partial charge in [0.15, 0.2) is 0 Å². The molecule has 2 rings (SSSR count). The summed E-state index contributed by atoms with van der Waals surface area (Å²) in [6.45, 7) is 5.12. The van der Waals surface area contributed by atoms with E-state index in [1.165, 1.54) is 12.1 Å². The fraction of sp³-hybridized carbons (Fsp3) is 0.571. The molecule has 0 aliphatic carbocycles. The molecule has 0 amide bonds. The van der Waals surface area contributed by atoms with Gasteiger partial charge in [-0.05, 0) is 44.7 Å². The van der Waals surface area contributed by atoms with Crippen molar-refractivity contribution >= 4 is 21.6 Å². The molecule has 1 fully saturated rings. The molecule has 1 saturated heterocycles. The maximum atomic E-state index is 5.91. The molecule has 1 aromatic carbocycles. The average Bonchev–Trinajstić information content (AvgIpc) is 2.52. The SMILES string of the molecule is CC1CCN(c2ccc(Br)cc2)CC(CN)N1C. The van der Waals surface area contributed by atoms with E-state index in [9.17, 15) is 0 Å². The van der Waals surface area contributed by atoms with Gasteiger partial charge in [0.05, 0.1) is 0 Å². The van der Waals surface area contributed by atoms with Gasteiger partial charge in [-0.25, -0.2) is 0 Å². The van der Waals surface area contributed by atoms with E-state index in [0.717, 1.165) is 17.6 Å². The van der Waals surface area contributed by atoms with Crippen molar-refractivity contribution in [1.82, 2.24) is 4.90 Å². The summed E-state index contributed by atoms with van der Waals surface area (Å²) in [5.41, 5.74) is 7.20. The lowest BCUT2D eigenvalue weighted by Gasteiger charge is -2.31. The van der Waals surface area contributed by atoms with Crippen LogP contribution in [-0.4, -0.2) is 43.7 Å². The van der Waals surface area contributed by atoms with Crippen molar-refractivity contribution in [3.05, 3.63) is 28.7 Å². The van der Waals surface area contributed by atoms with E-state index in [2.05, 4.69) is 64.0 Å². The van der Waals surface area contributed by atoms with Gasteiger partial charge >= 0.3 is 0 Å². The van der Waals surface area contributed by atoms with Crippen LogP contribution >= 0.6 is 15.9 Å². The predicted octanol–water partition coefficient (Wildman–Crippen LogP) is 2.31. The number of nitrogens with zero attached hydrogens (tertiary/aromatic N) is 2. The zero-order valence-electron chi connectivity index (χ0n) is 11.1. The third-order valence-electron chi connectivity index (χ3n) is 3.98. The largest absolute Gasteiger partial charge is 0.370 e. The summed E-state index contributed by atoms with van der Waals surface area (Å²) >= 11 is 3.48. The minimum atomic E-state index is 0.436. The topological polar surface area (TPSA) is 32.5 Å². The van der Waals surface area contributed by atoms with Crippen LogP contribution in [0.25, 0.3) is 0 Å². The van der Waals surface area contributed by atoms with E-state index in [-0.39, 0.29) is 0 Å². The molecule has 0 aromatic heterocycles. The molecule has 1 aliphatic rings. The summed E-state index contributed by atoms with van der Waals surface area (Å²) in [4.78, 5) is 4.86. The van der Waals surface area contributed by atoms with E-state index >= 15 is 0 Å². The molecule has 2 N–H and O–H groups in total. The number of hydrogen-bond acceptors (Lipinski definition) is 3. The van der Waals surface area contributed by atoms with Crippen LogP contribution < -0.4 is 10.6 Å². The zero-order chi connectivity index (χ0) is 13.1. The average molecular weight is 312 g/mol. The summed E-state index contributed by atoms with van der Waals surface area (Å²) in [6, 6.07) is 9.59. The van der Waals surface area contributed by atoms with Gasteiger partial charge in [-0.3, -0.25) is 4.90 Å². The van der Waals surface area contributed by atoms with Crippen LogP contribution in [0, 0.1) is 0 Å². The van der Waals surface area contributed by atoms with Crippen LogP contribution in [0.4, 0.5) is 5.69 Å². The summed E-state index contributed by atoms with van der Waals surface area (Å²) in [6.07, 6.45) is 1.18. The molecule has 4 heteroatoms. The second-order valence-electron chi connectivity index (χ2n) is 5.12. The minimum Gasteiger partial charge on any atom is -0.370 e. The Morgan fingerprint density at radius 1 is 1.33 bits per heavy atom. The molecule has 18 heavy (non-hydrogen) atoms. The first-order valence-corrected chi connectivity index (χ1v) is 7.33. The molecule has 0 bridgehead atoms. The van der Waals surface area contributed by atoms with Gasteiger partial charge in [-0.2, -0.15) is 0 Å². The monoisotopic (exact) mass is 311 g/mol. The lowest BCUT2D eigenvalue weighted by atomic mass is 10.2. The van der Waals surface area contributed by atoms with Gasteiger partial charge in [0.1, 0.15) is 0 Å². The first-order chi connectivity index (χ1) is 8.61. The summed E-state index contributed by atoms with van der Waals surface area (Å²) in [5, 5.41) is 0. The summed E-state index contributed by atoms with van der Waals surface area (Å²) in [7, 11) is 2.19. The normalized spacial score (nSPS) is 26.1. The van der Waals surface area contributed by atoms with E-state index in [0.29, 0.717) is 18.6 Å². The fourth-order valence-corrected chi connectivity index (χ4v) is 2.77. The van der Waals surface area contributed by atoms with Gasteiger partial charge in [-0.1, -0.05) is 15.9 Å². The second kappa shape index (κ2) is 6.04. The van der Waals surface area contributed by atoms with Crippen molar-refractivity contribution in [3.63, 3.8) is 0 Å². The third-order valence-corrected chi connectivity index (χ3v) is 4.51. The standard InChI is InChI=1S/C14H22BrN3/c1-11-7-8-18(10-14(9-16)17(11)2)13-5-3-12(15)4-6-13/h3-6,11,14H,7-10,16H2,1-2H3. The van der Waals surface area contributed by atoms with E-state index in [1.807, 2.05) is 0 Å². The van der Waals surface area contributed by atoms with Gasteiger partial charge in [0.25, 0.3) is 0 Å². The van der Waals surface area contributed by atoms with Crippen LogP contribution in [0.2, 0.25) is 0 Å². The smallest absolute Gasteiger partial charge is 0.0393 e. The highest BCUT2D eigenvalue weighted by Crippen LogP contribution is 2.22. The molecule has 100 valence electrons. The number of rotatable bonds is 2. The first-order valence-electron chi connectivity index (χ1n) is 6.54. The molecular weight excluding hydrogens is 290 g/mol. The van der Waals surface area contributed by atoms with Crippen LogP contribution in [-0.2, 0) is 0 Å². The number of nitrogens with two attached hydrogens (primary N) is 1. The van der Waals surface area contributed by atoms with Gasteiger partial charge in [0.2, 0.25) is 0 Å². The highest BCUT2D eigenvalue weighted by atomic mass is 79.9. The van der Waals surface area contributed by atoms with Crippen LogP contribution in [0.15, 0.2) is 28.7 Å². The maximum Gasteiger partial charge on any atom is 0.0393 e. The van der Waals surface area contributed by atoms with E-state index < -0.39 is 0 Å². The van der Waals surface area contributed by atoms with Crippen molar-refractivity contribution in [3.8, 4) is 0 Å². The van der Waals surface area contributed by atoms with Crippen LogP contribution in [0.5, 0.6) is 0 Å². The Hall–Kier alpha value is -0.580. The molecule has 1 heterocycles. The van der Waals surface area contributed by atoms with Crippen molar-refractivity contribution in [2.75, 3.05) is 31.6 Å². The van der Waals surface area contributed by atoms with Gasteiger partial charge in [-0.15, -0.1) is 0 Å². The van der Waals surface area contributed by atoms with Crippen molar-refractivity contribution in [1.29, 1.82) is 0 Å². The highest BCUT2D eigenvalue weighted by molar-refractivity contribution is 9.10. The number of halogens is 1. The van der Waals surface area contributed by atoms with Crippen LogP contribution in [0.3, 0.4) is 0 Å². The second-order valence-corrected chi connectivity index (χ2v) is 6.03. The van der Waals surface area contributed by atoms with Crippen molar-refractivity contribution in [2.45, 2.75) is 25.4 Å². The molecule has 3 nitrogen and oxygen atoms in total. The number of benzene rings is 1. The highest BCUT2D eigenvalue weighted by Gasteiger charge is 2.25. The van der Waals surface area contributed by atoms with Crippen molar-refractivity contribution in [2.24, 2.45) is 5.73 Å². The maximum absolute atomic E-state index is 5.91. The lowest BCUT2D eigenvalue weighted by Crippen LogP contribution is -2.46. The molecule has 0 radical (unpaired) electrons. The molecule has 2 atom stereocenters. The predicted molar refractivity (Wildman–Crippen MR) is 81.0 cm³/mol. The quantitative estimate of drug-likeness (QED) is 0.909. The number of likely N-dealkylation sites (N-methyl/N-ethyl adjacent to an activating group) is 1. The number of hydrogen-bond donors (Lipinski definition) is 1. The Morgan fingerprint density at radius 3 is 2.61 bits per heavy atom. The molecular formula is C14H22BrN3. The summed E-state index contributed by atoms with van der Waals surface area (Å²) in [5.74, 6) is 0. The Balaban J connectivity index is 2.16. The number of anilines is 1. The van der Waals surface area contributed by atoms with Gasteiger partial charge < -0.3 is 10.6 Å². The Kier molecular flexibility index (Phi) is 4.65. The van der Waals surface area contributed by atoms with Crippen LogP contribution in [0.1, 0.15) is 13.3 Å². The molecule has 1 aromatic rings. The molecule has 2 unspecified atom stereocenters. The van der Waals surface area contributed by atoms with E-state index in [1.54, 1.807) is 0 Å². The fourth-order valence-electron chi connectivity index (χ4n) is 2.51. The summed E-state index contributed by atoms with van der Waals surface area (Å²) < 4.78 is 1.13.